The molecule has 1 aliphatic carbocycles. The zero-order valence-electron chi connectivity index (χ0n) is 7.49. The second-order valence-corrected chi connectivity index (χ2v) is 6.83. The molecule has 0 aromatic heterocycles. The first-order valence-electron chi connectivity index (χ1n) is 4.82. The van der Waals surface area contributed by atoms with E-state index in [4.69, 9.17) is 0 Å². The van der Waals surface area contributed by atoms with Crippen molar-refractivity contribution in [3.8, 4) is 0 Å². The molecule has 2 heterocycles. The van der Waals surface area contributed by atoms with Gasteiger partial charge in [0.25, 0.3) is 0 Å². The second-order valence-electron chi connectivity index (χ2n) is 4.62. The molecule has 3 aliphatic rings. The summed E-state index contributed by atoms with van der Waals surface area (Å²) >= 11 is 0. The van der Waals surface area contributed by atoms with E-state index in [1.54, 1.807) is 4.31 Å². The normalized spacial score (nSPS) is 32.6. The van der Waals surface area contributed by atoms with Gasteiger partial charge in [0.2, 0.25) is 10.0 Å². The minimum atomic E-state index is -2.87. The fraction of sp³-hybridized carbons (Fsp3) is 1.00. The van der Waals surface area contributed by atoms with E-state index >= 15 is 0 Å². The molecule has 1 saturated carbocycles. The van der Waals surface area contributed by atoms with Crippen LogP contribution in [0.2, 0.25) is 0 Å². The van der Waals surface area contributed by atoms with E-state index in [-0.39, 0.29) is 5.25 Å². The van der Waals surface area contributed by atoms with Crippen molar-refractivity contribution in [1.29, 1.82) is 0 Å². The zero-order valence-corrected chi connectivity index (χ0v) is 8.31. The van der Waals surface area contributed by atoms with Gasteiger partial charge in [-0.25, -0.2) is 12.7 Å². The third-order valence-corrected chi connectivity index (χ3v) is 5.62. The molecule has 74 valence electrons. The van der Waals surface area contributed by atoms with Crippen LogP contribution in [0.5, 0.6) is 0 Å². The Hall–Kier alpha value is -0.130. The monoisotopic (exact) mass is 202 g/mol. The Morgan fingerprint density at radius 2 is 1.85 bits per heavy atom. The summed E-state index contributed by atoms with van der Waals surface area (Å²) in [5.41, 5.74) is 0.321. The minimum Gasteiger partial charge on any atom is -0.315 e. The van der Waals surface area contributed by atoms with Crippen LogP contribution < -0.4 is 5.32 Å². The van der Waals surface area contributed by atoms with Crippen LogP contribution >= 0.6 is 0 Å². The smallest absolute Gasteiger partial charge is 0.217 e. The molecule has 3 fully saturated rings. The van der Waals surface area contributed by atoms with Gasteiger partial charge in [-0.05, 0) is 12.8 Å². The Morgan fingerprint density at radius 3 is 2.23 bits per heavy atom. The molecule has 5 heteroatoms. The highest BCUT2D eigenvalue weighted by Crippen LogP contribution is 2.40. The van der Waals surface area contributed by atoms with Crippen molar-refractivity contribution in [3.63, 3.8) is 0 Å². The lowest BCUT2D eigenvalue weighted by Gasteiger charge is -2.55. The van der Waals surface area contributed by atoms with Crippen LogP contribution in [0.25, 0.3) is 0 Å². The summed E-state index contributed by atoms with van der Waals surface area (Å²) in [6.07, 6.45) is 1.76. The van der Waals surface area contributed by atoms with E-state index in [0.29, 0.717) is 5.41 Å². The van der Waals surface area contributed by atoms with Gasteiger partial charge in [0.05, 0.1) is 5.25 Å². The summed E-state index contributed by atoms with van der Waals surface area (Å²) in [7, 11) is -2.87. The molecule has 0 aromatic carbocycles. The highest BCUT2D eigenvalue weighted by atomic mass is 32.2. The van der Waals surface area contributed by atoms with Gasteiger partial charge in [0.1, 0.15) is 0 Å². The summed E-state index contributed by atoms with van der Waals surface area (Å²) in [4.78, 5) is 0. The lowest BCUT2D eigenvalue weighted by Crippen LogP contribution is -2.72. The van der Waals surface area contributed by atoms with Crippen LogP contribution in [0.4, 0.5) is 0 Å². The van der Waals surface area contributed by atoms with Gasteiger partial charge in [0.15, 0.2) is 0 Å². The molecule has 0 unspecified atom stereocenters. The number of sulfonamides is 1. The first-order valence-corrected chi connectivity index (χ1v) is 6.33. The van der Waals surface area contributed by atoms with Crippen molar-refractivity contribution in [2.45, 2.75) is 18.1 Å². The number of hydrogen-bond donors (Lipinski definition) is 1. The highest BCUT2D eigenvalue weighted by molar-refractivity contribution is 7.90. The molecule has 2 saturated heterocycles. The fourth-order valence-corrected chi connectivity index (χ4v) is 4.22. The lowest BCUT2D eigenvalue weighted by atomic mass is 9.76. The predicted octanol–water partition coefficient (Wildman–Crippen LogP) is -0.616. The SMILES string of the molecule is O=S(=O)(C1CC1)N1CC2(CNC2)C1. The third kappa shape index (κ3) is 1.07. The molecular formula is C8H14N2O2S. The molecule has 1 N–H and O–H groups in total. The van der Waals surface area contributed by atoms with E-state index in [0.717, 1.165) is 39.0 Å². The first kappa shape index (κ1) is 8.20. The van der Waals surface area contributed by atoms with Crippen LogP contribution in [0.3, 0.4) is 0 Å². The number of nitrogens with zero attached hydrogens (tertiary/aromatic N) is 1. The molecule has 0 aromatic rings. The van der Waals surface area contributed by atoms with Gasteiger partial charge in [-0.3, -0.25) is 0 Å². The summed E-state index contributed by atoms with van der Waals surface area (Å²) in [6.45, 7) is 3.53. The van der Waals surface area contributed by atoms with Crippen LogP contribution in [-0.4, -0.2) is 44.2 Å². The topological polar surface area (TPSA) is 49.4 Å². The van der Waals surface area contributed by atoms with Crippen molar-refractivity contribution in [1.82, 2.24) is 9.62 Å². The highest BCUT2D eigenvalue weighted by Gasteiger charge is 2.54. The van der Waals surface area contributed by atoms with Crippen LogP contribution in [0.15, 0.2) is 0 Å². The Morgan fingerprint density at radius 1 is 1.23 bits per heavy atom. The van der Waals surface area contributed by atoms with Crippen molar-refractivity contribution in [2.75, 3.05) is 26.2 Å². The first-order chi connectivity index (χ1) is 6.12. The third-order valence-electron chi connectivity index (χ3n) is 3.33. The van der Waals surface area contributed by atoms with Crippen molar-refractivity contribution >= 4 is 10.0 Å². The average Bonchev–Trinajstić information content (AvgIpc) is 2.57. The minimum absolute atomic E-state index is 0.0297. The summed E-state index contributed by atoms with van der Waals surface area (Å²) in [6, 6.07) is 0. The standard InChI is InChI=1S/C8H14N2O2S/c11-13(12,7-1-2-7)10-5-8(6-10)3-9-4-8/h7,9H,1-6H2. The van der Waals surface area contributed by atoms with Crippen molar-refractivity contribution in [2.24, 2.45) is 5.41 Å². The number of nitrogens with one attached hydrogen (secondary N) is 1. The van der Waals surface area contributed by atoms with Gasteiger partial charge >= 0.3 is 0 Å². The van der Waals surface area contributed by atoms with Gasteiger partial charge in [-0.1, -0.05) is 0 Å². The van der Waals surface area contributed by atoms with E-state index < -0.39 is 10.0 Å². The Kier molecular flexibility index (Phi) is 1.43. The van der Waals surface area contributed by atoms with E-state index in [1.807, 2.05) is 0 Å². The van der Waals surface area contributed by atoms with E-state index in [9.17, 15) is 8.42 Å². The molecule has 4 nitrogen and oxygen atoms in total. The van der Waals surface area contributed by atoms with Crippen LogP contribution in [-0.2, 0) is 10.0 Å². The molecular weight excluding hydrogens is 188 g/mol. The Labute approximate surface area is 78.3 Å². The van der Waals surface area contributed by atoms with Gasteiger partial charge in [-0.2, -0.15) is 0 Å². The van der Waals surface area contributed by atoms with Crippen LogP contribution in [0.1, 0.15) is 12.8 Å². The summed E-state index contributed by atoms with van der Waals surface area (Å²) < 4.78 is 25.1. The maximum Gasteiger partial charge on any atom is 0.217 e. The second kappa shape index (κ2) is 2.27. The van der Waals surface area contributed by atoms with Crippen molar-refractivity contribution in [3.05, 3.63) is 0 Å². The zero-order chi connectivity index (χ0) is 9.10. The quantitative estimate of drug-likeness (QED) is 0.649. The largest absolute Gasteiger partial charge is 0.315 e. The number of rotatable bonds is 2. The van der Waals surface area contributed by atoms with Gasteiger partial charge < -0.3 is 5.32 Å². The van der Waals surface area contributed by atoms with Crippen molar-refractivity contribution < 1.29 is 8.42 Å². The summed E-state index contributed by atoms with van der Waals surface area (Å²) in [5, 5.41) is 3.17. The fourth-order valence-electron chi connectivity index (χ4n) is 2.16. The molecule has 0 amide bonds. The van der Waals surface area contributed by atoms with E-state index in [1.165, 1.54) is 0 Å². The Balaban J connectivity index is 1.69. The number of hydrogen-bond acceptors (Lipinski definition) is 3. The maximum atomic E-state index is 11.7. The average molecular weight is 202 g/mol. The molecule has 0 bridgehead atoms. The predicted molar refractivity (Wildman–Crippen MR) is 48.8 cm³/mol. The Bertz CT molecular complexity index is 322. The van der Waals surface area contributed by atoms with Gasteiger partial charge in [0, 0.05) is 31.6 Å². The molecule has 13 heavy (non-hydrogen) atoms. The molecule has 1 spiro atoms. The molecule has 0 atom stereocenters. The van der Waals surface area contributed by atoms with E-state index in [2.05, 4.69) is 5.32 Å². The lowest BCUT2D eigenvalue weighted by molar-refractivity contribution is 0.0163. The van der Waals surface area contributed by atoms with Gasteiger partial charge in [-0.15, -0.1) is 0 Å². The van der Waals surface area contributed by atoms with Crippen LogP contribution in [0, 0.1) is 5.41 Å². The molecule has 2 aliphatic heterocycles. The molecule has 0 radical (unpaired) electrons. The maximum absolute atomic E-state index is 11.7. The molecule has 3 rings (SSSR count). The summed E-state index contributed by atoms with van der Waals surface area (Å²) in [5.74, 6) is 0.